The minimum atomic E-state index is -0.203. The molecule has 0 saturated carbocycles. The number of amides is 1. The molecule has 1 amide bonds. The highest BCUT2D eigenvalue weighted by atomic mass is 32.2. The Morgan fingerprint density at radius 2 is 1.75 bits per heavy atom. The van der Waals surface area contributed by atoms with Crippen molar-refractivity contribution in [2.45, 2.75) is 11.9 Å². The Morgan fingerprint density at radius 1 is 1.00 bits per heavy atom. The number of thioether (sulfide) groups is 1. The van der Waals surface area contributed by atoms with Gasteiger partial charge in [0.25, 0.3) is 0 Å². The van der Waals surface area contributed by atoms with Crippen molar-refractivity contribution in [1.82, 2.24) is 15.2 Å². The summed E-state index contributed by atoms with van der Waals surface area (Å²) in [5.41, 5.74) is 5.57. The number of fused-ring (bicyclic) bond motifs is 3. The van der Waals surface area contributed by atoms with Crippen LogP contribution < -0.4 is 10.1 Å². The maximum atomic E-state index is 12.7. The minimum absolute atomic E-state index is 0.0863. The highest BCUT2D eigenvalue weighted by Crippen LogP contribution is 2.37. The highest BCUT2D eigenvalue weighted by Gasteiger charge is 2.21. The number of ether oxygens (including phenoxy) is 1. The third kappa shape index (κ3) is 4.57. The number of rotatable bonds is 6. The van der Waals surface area contributed by atoms with E-state index in [-0.39, 0.29) is 11.7 Å². The predicted octanol–water partition coefficient (Wildman–Crippen LogP) is 5.76. The number of anilines is 1. The fourth-order valence-corrected chi connectivity index (χ4v) is 4.71. The summed E-state index contributed by atoms with van der Waals surface area (Å²) in [6.45, 7) is 2.01. The fourth-order valence-electron chi connectivity index (χ4n) is 3.92. The molecule has 0 aliphatic carbocycles. The second-order valence-corrected chi connectivity index (χ2v) is 9.09. The molecule has 0 atom stereocenters. The topological polar surface area (TPSA) is 101 Å². The van der Waals surface area contributed by atoms with Crippen molar-refractivity contribution in [2.24, 2.45) is 0 Å². The Hall–Kier alpha value is -4.48. The van der Waals surface area contributed by atoms with Crippen LogP contribution in [0.25, 0.3) is 33.1 Å². The van der Waals surface area contributed by atoms with Crippen LogP contribution in [0.3, 0.4) is 0 Å². The number of hydrogen-bond donors (Lipinski definition) is 1. The SMILES string of the molecule is COc1ccc(NC(=O)CSc2nc3c(nnc4ccccc43)c(-c3ccc(C)cc3)c2C#N)cc1. The molecule has 8 heteroatoms. The van der Waals surface area contributed by atoms with E-state index in [9.17, 15) is 10.1 Å². The van der Waals surface area contributed by atoms with Crippen molar-refractivity contribution >= 4 is 45.3 Å². The Morgan fingerprint density at radius 3 is 2.47 bits per heavy atom. The van der Waals surface area contributed by atoms with Gasteiger partial charge in [-0.25, -0.2) is 4.98 Å². The van der Waals surface area contributed by atoms with Crippen molar-refractivity contribution in [3.63, 3.8) is 0 Å². The van der Waals surface area contributed by atoms with E-state index in [1.807, 2.05) is 55.5 Å². The van der Waals surface area contributed by atoms with Gasteiger partial charge in [0.1, 0.15) is 27.9 Å². The number of pyridine rings is 1. The first-order valence-electron chi connectivity index (χ1n) is 11.2. The van der Waals surface area contributed by atoms with Gasteiger partial charge in [0.15, 0.2) is 0 Å². The number of aryl methyl sites for hydroxylation is 1. The van der Waals surface area contributed by atoms with E-state index in [2.05, 4.69) is 21.6 Å². The molecule has 176 valence electrons. The molecule has 2 heterocycles. The molecule has 3 aromatic carbocycles. The first-order chi connectivity index (χ1) is 17.6. The van der Waals surface area contributed by atoms with Gasteiger partial charge in [-0.3, -0.25) is 4.79 Å². The van der Waals surface area contributed by atoms with E-state index in [0.717, 1.165) is 16.5 Å². The average Bonchev–Trinajstić information content (AvgIpc) is 2.92. The van der Waals surface area contributed by atoms with E-state index < -0.39 is 0 Å². The molecule has 0 saturated heterocycles. The number of nitrogens with one attached hydrogen (secondary N) is 1. The normalized spacial score (nSPS) is 10.8. The van der Waals surface area contributed by atoms with Gasteiger partial charge in [0.05, 0.1) is 23.9 Å². The van der Waals surface area contributed by atoms with E-state index in [1.54, 1.807) is 31.4 Å². The second kappa shape index (κ2) is 10.0. The molecule has 1 N–H and O–H groups in total. The van der Waals surface area contributed by atoms with Gasteiger partial charge in [0.2, 0.25) is 5.91 Å². The van der Waals surface area contributed by atoms with Crippen LogP contribution in [0, 0.1) is 18.3 Å². The molecule has 5 aromatic rings. The lowest BCUT2D eigenvalue weighted by atomic mass is 9.98. The Labute approximate surface area is 212 Å². The molecule has 0 radical (unpaired) electrons. The molecule has 0 unspecified atom stereocenters. The number of nitrogens with zero attached hydrogens (tertiary/aromatic N) is 4. The lowest BCUT2D eigenvalue weighted by Crippen LogP contribution is -2.14. The highest BCUT2D eigenvalue weighted by molar-refractivity contribution is 8.00. The molecule has 0 aliphatic heterocycles. The monoisotopic (exact) mass is 491 g/mol. The molecular formula is C28H21N5O2S. The number of carbonyl (C=O) groups excluding carboxylic acids is 1. The summed E-state index contributed by atoms with van der Waals surface area (Å²) in [6, 6.07) is 25.0. The summed E-state index contributed by atoms with van der Waals surface area (Å²) < 4.78 is 5.16. The maximum absolute atomic E-state index is 12.7. The molecule has 0 aliphatic rings. The Kier molecular flexibility index (Phi) is 6.48. The van der Waals surface area contributed by atoms with Crippen LogP contribution in [0.2, 0.25) is 0 Å². The zero-order chi connectivity index (χ0) is 25.1. The van der Waals surface area contributed by atoms with E-state index in [0.29, 0.717) is 44.1 Å². The summed E-state index contributed by atoms with van der Waals surface area (Å²) in [6.07, 6.45) is 0. The number of hydrogen-bond acceptors (Lipinski definition) is 7. The van der Waals surface area contributed by atoms with Gasteiger partial charge in [0, 0.05) is 16.6 Å². The van der Waals surface area contributed by atoms with Crippen molar-refractivity contribution in [3.05, 3.63) is 83.9 Å². The molecular weight excluding hydrogens is 470 g/mol. The predicted molar refractivity (Wildman–Crippen MR) is 142 cm³/mol. The summed E-state index contributed by atoms with van der Waals surface area (Å²) in [7, 11) is 1.59. The van der Waals surface area contributed by atoms with Crippen LogP contribution in [0.1, 0.15) is 11.1 Å². The first kappa shape index (κ1) is 23.3. The van der Waals surface area contributed by atoms with Crippen LogP contribution in [0.5, 0.6) is 5.75 Å². The summed E-state index contributed by atoms with van der Waals surface area (Å²) >= 11 is 1.22. The smallest absolute Gasteiger partial charge is 0.234 e. The van der Waals surface area contributed by atoms with E-state index in [4.69, 9.17) is 9.72 Å². The number of carbonyl (C=O) groups is 1. The van der Waals surface area contributed by atoms with Crippen LogP contribution in [0.15, 0.2) is 77.8 Å². The Balaban J connectivity index is 1.57. The van der Waals surface area contributed by atoms with Crippen molar-refractivity contribution in [1.29, 1.82) is 5.26 Å². The third-order valence-corrected chi connectivity index (χ3v) is 6.70. The number of aromatic nitrogens is 3. The quantitative estimate of drug-likeness (QED) is 0.238. The maximum Gasteiger partial charge on any atom is 0.234 e. The van der Waals surface area contributed by atoms with Gasteiger partial charge >= 0.3 is 0 Å². The molecule has 2 aromatic heterocycles. The van der Waals surface area contributed by atoms with Gasteiger partial charge in [-0.15, -0.1) is 10.2 Å². The van der Waals surface area contributed by atoms with E-state index in [1.165, 1.54) is 11.8 Å². The summed E-state index contributed by atoms with van der Waals surface area (Å²) in [5.74, 6) is 0.592. The molecule has 5 rings (SSSR count). The van der Waals surface area contributed by atoms with Crippen LogP contribution in [-0.4, -0.2) is 34.0 Å². The summed E-state index contributed by atoms with van der Waals surface area (Å²) in [5, 5.41) is 23.2. The number of methoxy groups -OCH3 is 1. The van der Waals surface area contributed by atoms with Crippen LogP contribution in [0.4, 0.5) is 5.69 Å². The largest absolute Gasteiger partial charge is 0.497 e. The number of benzene rings is 3. The minimum Gasteiger partial charge on any atom is -0.497 e. The standard InChI is InChI=1S/C28H21N5O2S/c1-17-7-9-18(10-8-17)25-22(15-29)28(31-26-21-5-3-4-6-23(21)32-33-27(25)26)36-16-24(34)30-19-11-13-20(35-2)14-12-19/h3-14H,16H2,1-2H3,(H,30,34). The average molecular weight is 492 g/mol. The molecule has 0 bridgehead atoms. The van der Waals surface area contributed by atoms with Crippen molar-refractivity contribution in [2.75, 3.05) is 18.2 Å². The Bertz CT molecular complexity index is 1630. The van der Waals surface area contributed by atoms with Crippen LogP contribution in [-0.2, 0) is 4.79 Å². The zero-order valence-electron chi connectivity index (χ0n) is 19.6. The fraction of sp³-hybridized carbons (Fsp3) is 0.107. The van der Waals surface area contributed by atoms with Gasteiger partial charge < -0.3 is 10.1 Å². The zero-order valence-corrected chi connectivity index (χ0v) is 20.5. The number of nitriles is 1. The van der Waals surface area contributed by atoms with Crippen LogP contribution >= 0.6 is 11.8 Å². The van der Waals surface area contributed by atoms with Crippen molar-refractivity contribution in [3.8, 4) is 22.9 Å². The van der Waals surface area contributed by atoms with E-state index >= 15 is 0 Å². The lowest BCUT2D eigenvalue weighted by Gasteiger charge is -2.13. The molecule has 0 fully saturated rings. The second-order valence-electron chi connectivity index (χ2n) is 8.12. The van der Waals surface area contributed by atoms with Gasteiger partial charge in [-0.2, -0.15) is 5.26 Å². The first-order valence-corrected chi connectivity index (χ1v) is 12.2. The van der Waals surface area contributed by atoms with Gasteiger partial charge in [-0.1, -0.05) is 59.8 Å². The molecule has 36 heavy (non-hydrogen) atoms. The van der Waals surface area contributed by atoms with Crippen molar-refractivity contribution < 1.29 is 9.53 Å². The molecule has 7 nitrogen and oxygen atoms in total. The van der Waals surface area contributed by atoms with Gasteiger partial charge in [-0.05, 0) is 42.8 Å². The summed E-state index contributed by atoms with van der Waals surface area (Å²) in [4.78, 5) is 17.5. The lowest BCUT2D eigenvalue weighted by molar-refractivity contribution is -0.113. The third-order valence-electron chi connectivity index (χ3n) is 5.72. The molecule has 0 spiro atoms.